The first-order chi connectivity index (χ1) is 11.9. The molecule has 0 bridgehead atoms. The molecule has 1 aromatic carbocycles. The van der Waals surface area contributed by atoms with Gasteiger partial charge in [0.05, 0.1) is 25.9 Å². The van der Waals surface area contributed by atoms with E-state index >= 15 is 0 Å². The third kappa shape index (κ3) is 4.68. The molecule has 0 saturated carbocycles. The number of rotatable bonds is 6. The van der Waals surface area contributed by atoms with E-state index < -0.39 is 22.6 Å². The third-order valence-electron chi connectivity index (χ3n) is 3.65. The van der Waals surface area contributed by atoms with Gasteiger partial charge in [-0.3, -0.25) is 4.79 Å². The predicted molar refractivity (Wildman–Crippen MR) is 86.9 cm³/mol. The Morgan fingerprint density at radius 2 is 1.96 bits per heavy atom. The molecule has 25 heavy (non-hydrogen) atoms. The second-order valence-electron chi connectivity index (χ2n) is 5.14. The summed E-state index contributed by atoms with van der Waals surface area (Å²) in [5.74, 6) is -1.03. The van der Waals surface area contributed by atoms with E-state index in [2.05, 4.69) is 4.72 Å². The molecule has 0 unspecified atom stereocenters. The summed E-state index contributed by atoms with van der Waals surface area (Å²) in [6.45, 7) is 1.37. The van der Waals surface area contributed by atoms with Crippen molar-refractivity contribution in [1.82, 2.24) is 9.62 Å². The van der Waals surface area contributed by atoms with Crippen molar-refractivity contribution < 1.29 is 32.2 Å². The number of carbonyl (C=O) groups excluding carboxylic acids is 2. The Hall–Kier alpha value is -2.17. The molecule has 0 atom stereocenters. The zero-order valence-corrected chi connectivity index (χ0v) is 14.8. The molecule has 9 nitrogen and oxygen atoms in total. The molecule has 1 heterocycles. The van der Waals surface area contributed by atoms with Crippen LogP contribution in [0.4, 0.5) is 0 Å². The minimum Gasteiger partial charge on any atom is -0.495 e. The van der Waals surface area contributed by atoms with Crippen LogP contribution in [0.15, 0.2) is 23.1 Å². The smallest absolute Gasteiger partial charge is 0.338 e. The number of ether oxygens (including phenoxy) is 3. The van der Waals surface area contributed by atoms with Crippen molar-refractivity contribution in [2.45, 2.75) is 4.90 Å². The van der Waals surface area contributed by atoms with Crippen LogP contribution in [-0.4, -0.2) is 72.3 Å². The Labute approximate surface area is 145 Å². The van der Waals surface area contributed by atoms with E-state index in [0.717, 1.165) is 6.07 Å². The average Bonchev–Trinajstić information content (AvgIpc) is 2.65. The van der Waals surface area contributed by atoms with Gasteiger partial charge < -0.3 is 19.1 Å². The molecule has 0 radical (unpaired) electrons. The van der Waals surface area contributed by atoms with Crippen LogP contribution >= 0.6 is 0 Å². The van der Waals surface area contributed by atoms with Crippen LogP contribution in [-0.2, 0) is 24.3 Å². The van der Waals surface area contributed by atoms with Crippen molar-refractivity contribution in [1.29, 1.82) is 0 Å². The van der Waals surface area contributed by atoms with Crippen molar-refractivity contribution in [2.24, 2.45) is 0 Å². The van der Waals surface area contributed by atoms with Gasteiger partial charge in [-0.15, -0.1) is 0 Å². The third-order valence-corrected chi connectivity index (χ3v) is 5.08. The molecule has 1 fully saturated rings. The van der Waals surface area contributed by atoms with E-state index in [0.29, 0.717) is 26.3 Å². The van der Waals surface area contributed by atoms with E-state index in [1.165, 1.54) is 26.3 Å². The maximum atomic E-state index is 12.1. The summed E-state index contributed by atoms with van der Waals surface area (Å²) in [6.07, 6.45) is 0. The fraction of sp³-hybridized carbons (Fsp3) is 0.467. The summed E-state index contributed by atoms with van der Waals surface area (Å²) in [5.41, 5.74) is 0.00408. The highest BCUT2D eigenvalue weighted by Gasteiger charge is 2.22. The topological polar surface area (TPSA) is 111 Å². The molecule has 0 aliphatic carbocycles. The largest absolute Gasteiger partial charge is 0.495 e. The van der Waals surface area contributed by atoms with Crippen molar-refractivity contribution in [3.63, 3.8) is 0 Å². The first-order valence-electron chi connectivity index (χ1n) is 7.53. The number of esters is 1. The molecule has 1 aliphatic heterocycles. The minimum atomic E-state index is -3.82. The van der Waals surface area contributed by atoms with Crippen molar-refractivity contribution in [2.75, 3.05) is 47.1 Å². The highest BCUT2D eigenvalue weighted by atomic mass is 32.2. The number of hydrogen-bond donors (Lipinski definition) is 1. The molecular weight excluding hydrogens is 352 g/mol. The number of amides is 1. The maximum Gasteiger partial charge on any atom is 0.338 e. The number of nitrogens with one attached hydrogen (secondary N) is 1. The minimum absolute atomic E-state index is 0.00408. The van der Waals surface area contributed by atoms with Crippen molar-refractivity contribution in [3.05, 3.63) is 23.8 Å². The van der Waals surface area contributed by atoms with Gasteiger partial charge in [0.1, 0.15) is 10.6 Å². The highest BCUT2D eigenvalue weighted by molar-refractivity contribution is 7.89. The zero-order chi connectivity index (χ0) is 18.4. The molecule has 1 saturated heterocycles. The lowest BCUT2D eigenvalue weighted by Crippen LogP contribution is -2.42. The van der Waals surface area contributed by atoms with E-state index in [1.807, 2.05) is 0 Å². The normalized spacial score (nSPS) is 14.9. The second-order valence-corrected chi connectivity index (χ2v) is 7.00. The van der Waals surface area contributed by atoms with Crippen LogP contribution < -0.4 is 9.46 Å². The van der Waals surface area contributed by atoms with Crippen LogP contribution in [0.1, 0.15) is 10.4 Å². The number of sulfonamides is 1. The Kier molecular flexibility index (Phi) is 6.34. The predicted octanol–water partition coefficient (Wildman–Crippen LogP) is -0.381. The van der Waals surface area contributed by atoms with Gasteiger partial charge in [0.15, 0.2) is 6.61 Å². The van der Waals surface area contributed by atoms with Crippen LogP contribution in [0.2, 0.25) is 0 Å². The Morgan fingerprint density at radius 1 is 1.28 bits per heavy atom. The first kappa shape index (κ1) is 19.2. The van der Waals surface area contributed by atoms with Gasteiger partial charge in [-0.05, 0) is 25.2 Å². The monoisotopic (exact) mass is 372 g/mol. The standard InChI is InChI=1S/C15H20N2O7S/c1-16-25(20,21)13-9-11(3-4-12(13)22-2)15(19)24-10-14(18)17-5-7-23-8-6-17/h3-4,9,16H,5-8,10H2,1-2H3. The SMILES string of the molecule is CNS(=O)(=O)c1cc(C(=O)OCC(=O)N2CCOCC2)ccc1OC. The summed E-state index contributed by atoms with van der Waals surface area (Å²) < 4.78 is 41.3. The Morgan fingerprint density at radius 3 is 2.56 bits per heavy atom. The fourth-order valence-corrected chi connectivity index (χ4v) is 3.16. The molecule has 10 heteroatoms. The Balaban J connectivity index is 2.09. The van der Waals surface area contributed by atoms with Crippen molar-refractivity contribution in [3.8, 4) is 5.75 Å². The van der Waals surface area contributed by atoms with Crippen LogP contribution in [0, 0.1) is 0 Å². The van der Waals surface area contributed by atoms with Crippen LogP contribution in [0.5, 0.6) is 5.75 Å². The molecule has 1 aliphatic rings. The van der Waals surface area contributed by atoms with E-state index in [9.17, 15) is 18.0 Å². The lowest BCUT2D eigenvalue weighted by molar-refractivity contribution is -0.138. The van der Waals surface area contributed by atoms with Gasteiger partial charge >= 0.3 is 5.97 Å². The maximum absolute atomic E-state index is 12.1. The average molecular weight is 372 g/mol. The fourth-order valence-electron chi connectivity index (χ4n) is 2.24. The van der Waals surface area contributed by atoms with Crippen molar-refractivity contribution >= 4 is 21.9 Å². The molecule has 2 rings (SSSR count). The first-order valence-corrected chi connectivity index (χ1v) is 9.01. The number of morpholine rings is 1. The molecule has 0 aromatic heterocycles. The number of nitrogens with zero attached hydrogens (tertiary/aromatic N) is 1. The lowest BCUT2D eigenvalue weighted by Gasteiger charge is -2.26. The number of methoxy groups -OCH3 is 1. The van der Waals surface area contributed by atoms with Gasteiger partial charge in [-0.2, -0.15) is 0 Å². The van der Waals surface area contributed by atoms with E-state index in [4.69, 9.17) is 14.2 Å². The molecule has 1 amide bonds. The number of benzene rings is 1. The summed E-state index contributed by atoms with van der Waals surface area (Å²) in [4.78, 5) is 25.5. The molecule has 138 valence electrons. The number of carbonyl (C=O) groups is 2. The lowest BCUT2D eigenvalue weighted by atomic mass is 10.2. The summed E-state index contributed by atoms with van der Waals surface area (Å²) in [7, 11) is -1.24. The highest BCUT2D eigenvalue weighted by Crippen LogP contribution is 2.25. The van der Waals surface area contributed by atoms with Gasteiger partial charge in [0, 0.05) is 13.1 Å². The van der Waals surface area contributed by atoms with E-state index in [1.54, 1.807) is 4.90 Å². The second kappa shape index (κ2) is 8.28. The summed E-state index contributed by atoms with van der Waals surface area (Å²) in [5, 5.41) is 0. The molecular formula is C15H20N2O7S. The Bertz CT molecular complexity index is 742. The molecule has 0 spiro atoms. The van der Waals surface area contributed by atoms with Gasteiger partial charge in [0.2, 0.25) is 10.0 Å². The van der Waals surface area contributed by atoms with Gasteiger partial charge in [0.25, 0.3) is 5.91 Å². The molecule has 1 aromatic rings. The number of hydrogen-bond acceptors (Lipinski definition) is 7. The van der Waals surface area contributed by atoms with Crippen LogP contribution in [0.3, 0.4) is 0 Å². The van der Waals surface area contributed by atoms with E-state index in [-0.39, 0.29) is 22.1 Å². The summed E-state index contributed by atoms with van der Waals surface area (Å²) in [6, 6.07) is 3.87. The quantitative estimate of drug-likeness (QED) is 0.678. The van der Waals surface area contributed by atoms with Gasteiger partial charge in [-0.25, -0.2) is 17.9 Å². The summed E-state index contributed by atoms with van der Waals surface area (Å²) >= 11 is 0. The molecule has 1 N–H and O–H groups in total. The van der Waals surface area contributed by atoms with Crippen LogP contribution in [0.25, 0.3) is 0 Å². The zero-order valence-electron chi connectivity index (χ0n) is 14.0. The van der Waals surface area contributed by atoms with Gasteiger partial charge in [-0.1, -0.05) is 0 Å².